The van der Waals surface area contributed by atoms with Gasteiger partial charge in [-0.15, -0.1) is 0 Å². The molecule has 0 bridgehead atoms. The molecule has 3 aliphatic heterocycles. The Balaban J connectivity index is 0.994. The number of allylic oxidation sites excluding steroid dienone is 2. The highest BCUT2D eigenvalue weighted by Crippen LogP contribution is 2.76. The average Bonchev–Trinajstić information content (AvgIpc) is 3.29. The number of aliphatic hydroxyl groups excluding tert-OH is 13. The van der Waals surface area contributed by atoms with E-state index < -0.39 is 169 Å². The van der Waals surface area contributed by atoms with Crippen LogP contribution in [0.25, 0.3) is 0 Å². The highest BCUT2D eigenvalue weighted by atomic mass is 16.8. The van der Waals surface area contributed by atoms with E-state index in [9.17, 15) is 66.4 Å². The molecular weight excluding hydrogens is 897 g/mol. The maximum absolute atomic E-state index is 15.0. The minimum atomic E-state index is -1.89. The molecule has 0 aromatic carbocycles. The van der Waals surface area contributed by atoms with E-state index in [1.165, 1.54) is 6.92 Å². The first-order chi connectivity index (χ1) is 31.8. The van der Waals surface area contributed by atoms with E-state index in [0.29, 0.717) is 38.5 Å². The Kier molecular flexibility index (Phi) is 14.6. The summed E-state index contributed by atoms with van der Waals surface area (Å²) in [5.41, 5.74) is -2.84. The van der Waals surface area contributed by atoms with Crippen molar-refractivity contribution in [3.8, 4) is 0 Å². The van der Waals surface area contributed by atoms with Gasteiger partial charge in [0.2, 0.25) is 6.29 Å². The summed E-state index contributed by atoms with van der Waals surface area (Å²) in [6, 6.07) is 0. The minimum Gasteiger partial charge on any atom is -0.432 e. The van der Waals surface area contributed by atoms with Gasteiger partial charge < -0.3 is 94.8 Å². The van der Waals surface area contributed by atoms with Crippen LogP contribution in [0.2, 0.25) is 0 Å². The fourth-order valence-electron chi connectivity index (χ4n) is 15.4. The molecule has 0 aromatic rings. The number of hydrogen-bond donors (Lipinski definition) is 13. The smallest absolute Gasteiger partial charge is 0.315 e. The van der Waals surface area contributed by atoms with Crippen LogP contribution in [0.1, 0.15) is 93.4 Å². The third kappa shape index (κ3) is 7.89. The van der Waals surface area contributed by atoms with Crippen LogP contribution in [0.3, 0.4) is 0 Å². The summed E-state index contributed by atoms with van der Waals surface area (Å²) in [6.07, 6.45) is -22.3. The summed E-state index contributed by atoms with van der Waals surface area (Å²) in [5.74, 6) is -1.31. The third-order valence-corrected chi connectivity index (χ3v) is 19.6. The van der Waals surface area contributed by atoms with Crippen LogP contribution in [0.4, 0.5) is 0 Å². The van der Waals surface area contributed by atoms with Gasteiger partial charge in [0.25, 0.3) is 0 Å². The van der Waals surface area contributed by atoms with Crippen molar-refractivity contribution in [1.82, 2.24) is 0 Å². The molecule has 390 valence electrons. The van der Waals surface area contributed by atoms with Crippen molar-refractivity contribution in [3.05, 3.63) is 11.6 Å². The van der Waals surface area contributed by atoms with Gasteiger partial charge in [0.1, 0.15) is 67.1 Å². The largest absolute Gasteiger partial charge is 0.432 e. The standard InChI is InChI=1S/C48H78O20/c1-19-10-11-48(13-12-46(6)22(28(48)20(19)2)8-9-27-44(4)14-24(52)39(61)45(5,18-50)38(44)23(51)15-47(27,46)7)43(62)68-42-35(59)32(56)30(54)26(66-42)17-63-40-36(60)33(57)37(25(16-49)65-40)67-41-34(58)31(55)29(53)21(3)64-41/h8,19-21,23-42,49-61H,9-18H2,1-7H3/t19-,20+,21+,23-,24-,25-,26-,27-,28+,29-,30-,31+,32+,33-,34+,35-,36-,37-,38-,39+,40-,41+,42+,44-,45+,46-,47-,48+/m1/s1. The van der Waals surface area contributed by atoms with Gasteiger partial charge >= 0.3 is 5.97 Å². The maximum atomic E-state index is 15.0. The summed E-state index contributed by atoms with van der Waals surface area (Å²) < 4.78 is 34.6. The lowest BCUT2D eigenvalue weighted by atomic mass is 9.32. The summed E-state index contributed by atoms with van der Waals surface area (Å²) in [4.78, 5) is 15.0. The number of esters is 1. The molecule has 3 heterocycles. The number of hydrogen-bond acceptors (Lipinski definition) is 20. The predicted molar refractivity (Wildman–Crippen MR) is 233 cm³/mol. The predicted octanol–water partition coefficient (Wildman–Crippen LogP) is -2.06. The first-order valence-electron chi connectivity index (χ1n) is 24.6. The van der Waals surface area contributed by atoms with Crippen molar-refractivity contribution in [2.75, 3.05) is 19.8 Å². The lowest BCUT2D eigenvalue weighted by Gasteiger charge is -2.72. The molecule has 20 heteroatoms. The highest BCUT2D eigenvalue weighted by Gasteiger charge is 2.73. The summed E-state index contributed by atoms with van der Waals surface area (Å²) >= 11 is 0. The summed E-state index contributed by atoms with van der Waals surface area (Å²) in [5, 5.41) is 142. The van der Waals surface area contributed by atoms with Gasteiger partial charge in [-0.05, 0) is 91.8 Å². The fourth-order valence-corrected chi connectivity index (χ4v) is 15.4. The van der Waals surface area contributed by atoms with Gasteiger partial charge in [-0.1, -0.05) is 53.2 Å². The number of aliphatic hydroxyl groups is 13. The van der Waals surface area contributed by atoms with Crippen molar-refractivity contribution < 1.29 is 99.6 Å². The Labute approximate surface area is 396 Å². The Morgan fingerprint density at radius 3 is 2.00 bits per heavy atom. The summed E-state index contributed by atoms with van der Waals surface area (Å²) in [7, 11) is 0. The average molecular weight is 975 g/mol. The SMILES string of the molecule is C[C@H]1[C@H](C)CC[C@]2(C(=O)O[C@@H]3O[C@H](CO[C@@H]4O[C@H](CO)[C@@H](O[C@@H]5O[C@@H](C)[C@@H](O)[C@H](O)[C@@H]5O)[C@H](O)[C@H]4O)[C@@H](O)[C@H](O)[C@H]3O)CC[C@]3(C)C(=CC[C@@H]4[C@@]5(C)C[C@@H](O)[C@H](O)[C@@](C)(CO)[C@@H]5[C@H](O)C[C@]43C)[C@H]12. The molecule has 68 heavy (non-hydrogen) atoms. The molecule has 0 spiro atoms. The van der Waals surface area contributed by atoms with Crippen molar-refractivity contribution in [3.63, 3.8) is 0 Å². The molecule has 13 N–H and O–H groups in total. The van der Waals surface area contributed by atoms with Gasteiger partial charge in [0.15, 0.2) is 12.6 Å². The highest BCUT2D eigenvalue weighted by molar-refractivity contribution is 5.79. The van der Waals surface area contributed by atoms with Gasteiger partial charge in [-0.25, -0.2) is 0 Å². The number of rotatable bonds is 9. The number of ether oxygens (including phenoxy) is 6. The zero-order valence-corrected chi connectivity index (χ0v) is 40.1. The van der Waals surface area contributed by atoms with Gasteiger partial charge in [0, 0.05) is 11.3 Å². The Bertz CT molecular complexity index is 1860. The first kappa shape index (κ1) is 52.8. The Hall–Kier alpha value is -1.51. The molecule has 3 saturated heterocycles. The van der Waals surface area contributed by atoms with E-state index in [0.717, 1.165) is 5.57 Å². The Morgan fingerprint density at radius 1 is 0.706 bits per heavy atom. The van der Waals surface area contributed by atoms with E-state index in [4.69, 9.17) is 28.4 Å². The topological polar surface area (TPSA) is 335 Å². The van der Waals surface area contributed by atoms with E-state index in [-0.39, 0.29) is 30.1 Å². The monoisotopic (exact) mass is 975 g/mol. The molecule has 0 amide bonds. The fraction of sp³-hybridized carbons (Fsp3) is 0.938. The Morgan fingerprint density at radius 2 is 1.34 bits per heavy atom. The molecule has 8 aliphatic rings. The molecule has 0 radical (unpaired) electrons. The van der Waals surface area contributed by atoms with E-state index >= 15 is 4.79 Å². The zero-order chi connectivity index (χ0) is 50.0. The van der Waals surface area contributed by atoms with Crippen LogP contribution in [0, 0.1) is 56.7 Å². The van der Waals surface area contributed by atoms with Crippen molar-refractivity contribution in [2.45, 2.75) is 204 Å². The lowest BCUT2D eigenvalue weighted by Crippen LogP contribution is -2.71. The second kappa shape index (κ2) is 18.8. The van der Waals surface area contributed by atoms with Crippen molar-refractivity contribution in [1.29, 1.82) is 0 Å². The lowest BCUT2D eigenvalue weighted by molar-refractivity contribution is -0.361. The maximum Gasteiger partial charge on any atom is 0.315 e. The van der Waals surface area contributed by atoms with Gasteiger partial charge in [0.05, 0.1) is 49.7 Å². The molecular formula is C48H78O20. The van der Waals surface area contributed by atoms with E-state index in [1.807, 2.05) is 0 Å². The number of carbonyl (C=O) groups excluding carboxylic acids is 1. The second-order valence-corrected chi connectivity index (χ2v) is 23.1. The van der Waals surface area contributed by atoms with Gasteiger partial charge in [-0.2, -0.15) is 0 Å². The minimum absolute atomic E-state index is 0.0115. The molecule has 20 nitrogen and oxygen atoms in total. The van der Waals surface area contributed by atoms with Gasteiger partial charge in [-0.3, -0.25) is 4.79 Å². The number of fused-ring (bicyclic) bond motifs is 7. The number of carbonyl (C=O) groups is 1. The van der Waals surface area contributed by atoms with Crippen LogP contribution >= 0.6 is 0 Å². The van der Waals surface area contributed by atoms with E-state index in [1.54, 1.807) is 6.92 Å². The van der Waals surface area contributed by atoms with Crippen LogP contribution in [-0.4, -0.2) is 203 Å². The normalized spacial score (nSPS) is 57.1. The van der Waals surface area contributed by atoms with E-state index in [2.05, 4.69) is 40.7 Å². The van der Waals surface area contributed by atoms with Crippen LogP contribution in [-0.2, 0) is 33.2 Å². The summed E-state index contributed by atoms with van der Waals surface area (Å²) in [6.45, 7) is 12.1. The third-order valence-electron chi connectivity index (χ3n) is 19.6. The van der Waals surface area contributed by atoms with Crippen molar-refractivity contribution >= 4 is 5.97 Å². The molecule has 28 atom stereocenters. The quantitative estimate of drug-likeness (QED) is 0.0873. The molecule has 4 saturated carbocycles. The van der Waals surface area contributed by atoms with Crippen LogP contribution in [0.5, 0.6) is 0 Å². The second-order valence-electron chi connectivity index (χ2n) is 23.1. The van der Waals surface area contributed by atoms with Crippen LogP contribution < -0.4 is 0 Å². The molecule has 8 rings (SSSR count). The zero-order valence-electron chi connectivity index (χ0n) is 40.1. The van der Waals surface area contributed by atoms with Crippen molar-refractivity contribution in [2.24, 2.45) is 56.7 Å². The molecule has 7 fully saturated rings. The molecule has 5 aliphatic carbocycles. The molecule has 0 unspecified atom stereocenters. The first-order valence-corrected chi connectivity index (χ1v) is 24.6. The molecule has 0 aromatic heterocycles. The van der Waals surface area contributed by atoms with Crippen LogP contribution in [0.15, 0.2) is 11.6 Å².